The third kappa shape index (κ3) is 9.01. The van der Waals surface area contributed by atoms with E-state index in [4.69, 9.17) is 47.0 Å². The highest BCUT2D eigenvalue weighted by Crippen LogP contribution is 2.31. The lowest BCUT2D eigenvalue weighted by Crippen LogP contribution is -2.67. The van der Waals surface area contributed by atoms with Crippen molar-refractivity contribution in [1.29, 1.82) is 0 Å². The molecule has 0 bridgehead atoms. The van der Waals surface area contributed by atoms with E-state index in [1.165, 1.54) is 0 Å². The van der Waals surface area contributed by atoms with Crippen LogP contribution < -0.4 is 38.9 Å². The molecule has 1 aliphatic carbocycles. The third-order valence-electron chi connectivity index (χ3n) is 7.57. The number of hydrogen-bond donors (Lipinski definition) is 12. The van der Waals surface area contributed by atoms with Crippen LogP contribution in [0.4, 0.5) is 0 Å². The maximum Gasteiger partial charge on any atom is 0.215 e. The standard InChI is InChI=1S/C25H49N7O9/c1-30-19-12(9-33)11-38-25(20(19)36)41-23-18(32-7-14(35)5-26)4-17(29)22(21(23)37)40-24-16(28)3-2-15(39-24)8-31-6-13(27)10-34/h2,9,13-14,16-25,30-37H,3-8,10-11,26-29H2,1H3/b12-9-/t13?,14?,16-,17+,18-,19+,20-,21+,22?,23+,24-,25-/m1/s1. The van der Waals surface area contributed by atoms with Gasteiger partial charge in [0.25, 0.3) is 0 Å². The van der Waals surface area contributed by atoms with E-state index in [-0.39, 0.29) is 32.7 Å². The maximum absolute atomic E-state index is 11.5. The summed E-state index contributed by atoms with van der Waals surface area (Å²) in [5.41, 5.74) is 24.5. The first kappa shape index (κ1) is 34.0. The molecule has 0 aromatic heterocycles. The third-order valence-corrected chi connectivity index (χ3v) is 7.57. The number of ether oxygens (including phenoxy) is 4. The molecule has 3 unspecified atom stereocenters. The number of hydrogen-bond acceptors (Lipinski definition) is 16. The number of likely N-dealkylation sites (N-methyl/N-ethyl adjacent to an activating group) is 1. The van der Waals surface area contributed by atoms with Gasteiger partial charge < -0.3 is 83.4 Å². The second kappa shape index (κ2) is 16.4. The molecule has 0 aromatic rings. The summed E-state index contributed by atoms with van der Waals surface area (Å²) in [6.07, 6.45) is -3.93. The van der Waals surface area contributed by atoms with Crippen molar-refractivity contribution in [2.75, 3.05) is 46.4 Å². The minimum Gasteiger partial charge on any atom is -0.515 e. The van der Waals surface area contributed by atoms with Crippen LogP contribution in [0.5, 0.6) is 0 Å². The van der Waals surface area contributed by atoms with Crippen molar-refractivity contribution >= 4 is 0 Å². The number of aliphatic hydroxyl groups excluding tert-OH is 5. The molecule has 1 saturated carbocycles. The highest BCUT2D eigenvalue weighted by atomic mass is 16.7. The van der Waals surface area contributed by atoms with Crippen LogP contribution in [0, 0.1) is 0 Å². The van der Waals surface area contributed by atoms with E-state index in [1.807, 2.05) is 6.08 Å². The second-order valence-electron chi connectivity index (χ2n) is 10.8. The van der Waals surface area contributed by atoms with Gasteiger partial charge in [-0.1, -0.05) is 0 Å². The molecule has 2 fully saturated rings. The predicted molar refractivity (Wildman–Crippen MR) is 148 cm³/mol. The summed E-state index contributed by atoms with van der Waals surface area (Å²) in [5, 5.41) is 60.2. The van der Waals surface area contributed by atoms with E-state index in [0.717, 1.165) is 6.26 Å². The van der Waals surface area contributed by atoms with E-state index >= 15 is 0 Å². The molecule has 3 rings (SSSR count). The summed E-state index contributed by atoms with van der Waals surface area (Å²) in [7, 11) is 1.63. The van der Waals surface area contributed by atoms with Gasteiger partial charge in [-0.25, -0.2) is 0 Å². The summed E-state index contributed by atoms with van der Waals surface area (Å²) in [6.45, 7) is 0.717. The van der Waals surface area contributed by atoms with E-state index < -0.39 is 73.3 Å². The highest BCUT2D eigenvalue weighted by molar-refractivity contribution is 5.14. The summed E-state index contributed by atoms with van der Waals surface area (Å²) in [4.78, 5) is 0. The average Bonchev–Trinajstić information content (AvgIpc) is 2.97. The van der Waals surface area contributed by atoms with Gasteiger partial charge in [-0.05, 0) is 26.0 Å². The predicted octanol–water partition coefficient (Wildman–Crippen LogP) is -5.26. The number of aliphatic hydroxyl groups is 5. The Morgan fingerprint density at radius 2 is 1.85 bits per heavy atom. The topological polar surface area (TPSA) is 278 Å². The lowest BCUT2D eigenvalue weighted by Gasteiger charge is -2.47. The second-order valence-corrected chi connectivity index (χ2v) is 10.8. The molecule has 238 valence electrons. The average molecular weight is 592 g/mol. The zero-order chi connectivity index (χ0) is 30.1. The molecule has 16 nitrogen and oxygen atoms in total. The van der Waals surface area contributed by atoms with Crippen molar-refractivity contribution in [2.45, 2.75) is 86.2 Å². The van der Waals surface area contributed by atoms with Crippen LogP contribution in [0.15, 0.2) is 23.7 Å². The summed E-state index contributed by atoms with van der Waals surface area (Å²) in [5.74, 6) is 0.577. The molecule has 2 aliphatic heterocycles. The zero-order valence-corrected chi connectivity index (χ0v) is 23.4. The van der Waals surface area contributed by atoms with Crippen LogP contribution in [0.2, 0.25) is 0 Å². The fourth-order valence-corrected chi connectivity index (χ4v) is 5.16. The van der Waals surface area contributed by atoms with Gasteiger partial charge in [-0.15, -0.1) is 0 Å². The van der Waals surface area contributed by atoms with E-state index in [2.05, 4.69) is 16.0 Å². The molecule has 2 heterocycles. The number of rotatable bonds is 14. The molecule has 0 amide bonds. The molecule has 16 heteroatoms. The van der Waals surface area contributed by atoms with Gasteiger partial charge in [0.2, 0.25) is 6.29 Å². The largest absolute Gasteiger partial charge is 0.515 e. The molecule has 12 atom stereocenters. The summed E-state index contributed by atoms with van der Waals surface area (Å²) >= 11 is 0. The molecular formula is C25H49N7O9. The van der Waals surface area contributed by atoms with Gasteiger partial charge in [-0.3, -0.25) is 0 Å². The summed E-state index contributed by atoms with van der Waals surface area (Å²) in [6, 6.07) is -2.81. The van der Waals surface area contributed by atoms with Gasteiger partial charge in [0.1, 0.15) is 30.2 Å². The van der Waals surface area contributed by atoms with Crippen molar-refractivity contribution in [2.24, 2.45) is 22.9 Å². The molecule has 16 N–H and O–H groups in total. The zero-order valence-electron chi connectivity index (χ0n) is 23.4. The monoisotopic (exact) mass is 591 g/mol. The number of nitrogens with two attached hydrogens (primary N) is 4. The van der Waals surface area contributed by atoms with Crippen LogP contribution in [0.3, 0.4) is 0 Å². The van der Waals surface area contributed by atoms with Gasteiger partial charge in [0, 0.05) is 43.3 Å². The minimum atomic E-state index is -1.31. The van der Waals surface area contributed by atoms with Crippen LogP contribution >= 0.6 is 0 Å². The van der Waals surface area contributed by atoms with Crippen molar-refractivity contribution in [1.82, 2.24) is 16.0 Å². The summed E-state index contributed by atoms with van der Waals surface area (Å²) < 4.78 is 24.0. The first-order valence-electron chi connectivity index (χ1n) is 14.0. The molecule has 0 radical (unpaired) electrons. The van der Waals surface area contributed by atoms with Crippen LogP contribution in [-0.2, 0) is 18.9 Å². The van der Waals surface area contributed by atoms with E-state index in [1.54, 1.807) is 7.05 Å². The molecule has 1 saturated heterocycles. The Bertz CT molecular complexity index is 856. The molecule has 0 aromatic carbocycles. The van der Waals surface area contributed by atoms with E-state index in [0.29, 0.717) is 30.8 Å². The Balaban J connectivity index is 1.72. The van der Waals surface area contributed by atoms with E-state index in [9.17, 15) is 20.4 Å². The van der Waals surface area contributed by atoms with Crippen molar-refractivity contribution in [3.05, 3.63) is 23.7 Å². The fraction of sp³-hybridized carbons (Fsp3) is 0.840. The first-order valence-corrected chi connectivity index (χ1v) is 14.0. The molecule has 41 heavy (non-hydrogen) atoms. The van der Waals surface area contributed by atoms with Gasteiger partial charge in [0.15, 0.2) is 6.29 Å². The van der Waals surface area contributed by atoms with Gasteiger partial charge in [-0.2, -0.15) is 0 Å². The fourth-order valence-electron chi connectivity index (χ4n) is 5.16. The van der Waals surface area contributed by atoms with Crippen LogP contribution in [-0.4, -0.2) is 145 Å². The SMILES string of the molecule is CN[C@H]1/C(=C\O)CO[C@H](O[C@H]2[C@H](NCC(O)CN)C[C@H](N)C(O[C@H]3OC(CNCC(N)CO)=CC[C@H]3N)[C@@H]2O)[C@@H]1O. The highest BCUT2D eigenvalue weighted by Gasteiger charge is 2.49. The quantitative estimate of drug-likeness (QED) is 0.0840. The van der Waals surface area contributed by atoms with Crippen LogP contribution in [0.25, 0.3) is 0 Å². The number of nitrogens with one attached hydrogen (secondary N) is 3. The lowest BCUT2D eigenvalue weighted by atomic mass is 9.83. The molecule has 0 spiro atoms. The Labute approximate surface area is 240 Å². The Morgan fingerprint density at radius 1 is 1.12 bits per heavy atom. The molecular weight excluding hydrogens is 542 g/mol. The molecule has 3 aliphatic rings. The Kier molecular flexibility index (Phi) is 13.6. The minimum absolute atomic E-state index is 0.00685. The maximum atomic E-state index is 11.5. The Morgan fingerprint density at radius 3 is 2.51 bits per heavy atom. The van der Waals surface area contributed by atoms with Crippen molar-refractivity contribution < 1.29 is 44.5 Å². The first-order chi connectivity index (χ1) is 19.6. The Hall–Kier alpha value is -1.48. The van der Waals surface area contributed by atoms with Crippen molar-refractivity contribution in [3.8, 4) is 0 Å². The van der Waals surface area contributed by atoms with Gasteiger partial charge in [0.05, 0.1) is 44.2 Å². The van der Waals surface area contributed by atoms with Gasteiger partial charge >= 0.3 is 0 Å². The van der Waals surface area contributed by atoms with Crippen LogP contribution in [0.1, 0.15) is 12.8 Å². The smallest absolute Gasteiger partial charge is 0.215 e. The van der Waals surface area contributed by atoms with Crippen molar-refractivity contribution in [3.63, 3.8) is 0 Å². The normalized spacial score (nSPS) is 38.8. The lowest BCUT2D eigenvalue weighted by molar-refractivity contribution is -0.276.